The van der Waals surface area contributed by atoms with Gasteiger partial charge in [0.1, 0.15) is 6.10 Å². The molecular formula is C10H16O2. The molecule has 0 amide bonds. The van der Waals surface area contributed by atoms with Crippen molar-refractivity contribution in [1.29, 1.82) is 0 Å². The Morgan fingerprint density at radius 1 is 1.58 bits per heavy atom. The second kappa shape index (κ2) is 2.11. The van der Waals surface area contributed by atoms with Crippen molar-refractivity contribution >= 4 is 5.78 Å². The molecule has 2 aliphatic carbocycles. The van der Waals surface area contributed by atoms with Gasteiger partial charge in [-0.05, 0) is 24.2 Å². The molecule has 0 aromatic heterocycles. The van der Waals surface area contributed by atoms with Crippen molar-refractivity contribution < 1.29 is 9.90 Å². The molecule has 0 aromatic carbocycles. The maximum absolute atomic E-state index is 11.7. The van der Waals surface area contributed by atoms with Crippen molar-refractivity contribution in [3.05, 3.63) is 0 Å². The molecule has 2 aliphatic rings. The van der Waals surface area contributed by atoms with Crippen LogP contribution >= 0.6 is 0 Å². The van der Waals surface area contributed by atoms with Crippen LogP contribution in [0.3, 0.4) is 0 Å². The summed E-state index contributed by atoms with van der Waals surface area (Å²) >= 11 is 0. The van der Waals surface area contributed by atoms with Gasteiger partial charge in [-0.2, -0.15) is 0 Å². The van der Waals surface area contributed by atoms with Crippen LogP contribution in [0.5, 0.6) is 0 Å². The standard InChI is InChI=1S/C10H16O2/c1-5(2)10-4-7(10)6(3)8(11)9(10)12/h5-8,11H,4H2,1-3H3. The number of rotatable bonds is 1. The van der Waals surface area contributed by atoms with Gasteiger partial charge in [0.05, 0.1) is 0 Å². The van der Waals surface area contributed by atoms with Crippen LogP contribution in [0, 0.1) is 23.2 Å². The van der Waals surface area contributed by atoms with Gasteiger partial charge in [0.25, 0.3) is 0 Å². The smallest absolute Gasteiger partial charge is 0.168 e. The van der Waals surface area contributed by atoms with Crippen molar-refractivity contribution in [1.82, 2.24) is 0 Å². The van der Waals surface area contributed by atoms with Crippen LogP contribution in [0.2, 0.25) is 0 Å². The van der Waals surface area contributed by atoms with Gasteiger partial charge in [-0.1, -0.05) is 20.8 Å². The number of Topliss-reactive ketones (excluding diaryl/α,β-unsaturated/α-hetero) is 1. The zero-order valence-electron chi connectivity index (χ0n) is 7.87. The highest BCUT2D eigenvalue weighted by Gasteiger charge is 2.70. The summed E-state index contributed by atoms with van der Waals surface area (Å²) in [6.07, 6.45) is 0.341. The predicted octanol–water partition coefficient (Wildman–Crippen LogP) is 1.23. The topological polar surface area (TPSA) is 37.3 Å². The van der Waals surface area contributed by atoms with Crippen LogP contribution in [0.4, 0.5) is 0 Å². The highest BCUT2D eigenvalue weighted by atomic mass is 16.3. The number of aliphatic hydroxyl groups excluding tert-OH is 1. The number of aliphatic hydroxyl groups is 1. The zero-order valence-corrected chi connectivity index (χ0v) is 7.87. The normalized spacial score (nSPS) is 51.4. The first kappa shape index (κ1) is 8.24. The fourth-order valence-electron chi connectivity index (χ4n) is 2.93. The first-order valence-corrected chi connectivity index (χ1v) is 4.74. The van der Waals surface area contributed by atoms with E-state index in [1.165, 1.54) is 0 Å². The largest absolute Gasteiger partial charge is 0.385 e. The second-order valence-corrected chi connectivity index (χ2v) is 4.67. The molecule has 0 bridgehead atoms. The number of hydrogen-bond acceptors (Lipinski definition) is 2. The molecule has 4 unspecified atom stereocenters. The molecule has 1 N–H and O–H groups in total. The lowest BCUT2D eigenvalue weighted by Crippen LogP contribution is -2.29. The summed E-state index contributed by atoms with van der Waals surface area (Å²) in [6.45, 7) is 6.16. The molecule has 0 radical (unpaired) electrons. The Labute approximate surface area is 73.0 Å². The number of carbonyl (C=O) groups excluding carboxylic acids is 1. The summed E-state index contributed by atoms with van der Waals surface area (Å²) < 4.78 is 0. The number of fused-ring (bicyclic) bond motifs is 1. The van der Waals surface area contributed by atoms with Gasteiger partial charge in [-0.25, -0.2) is 0 Å². The van der Waals surface area contributed by atoms with Gasteiger partial charge in [0.2, 0.25) is 0 Å². The lowest BCUT2D eigenvalue weighted by Gasteiger charge is -2.16. The van der Waals surface area contributed by atoms with Gasteiger partial charge < -0.3 is 5.11 Å². The molecule has 0 aliphatic heterocycles. The number of carbonyl (C=O) groups is 1. The molecule has 2 saturated carbocycles. The molecule has 2 fully saturated rings. The molecule has 2 rings (SSSR count). The van der Waals surface area contributed by atoms with Crippen LogP contribution in [0.25, 0.3) is 0 Å². The van der Waals surface area contributed by atoms with E-state index in [0.717, 1.165) is 6.42 Å². The van der Waals surface area contributed by atoms with Crippen molar-refractivity contribution in [3.8, 4) is 0 Å². The van der Waals surface area contributed by atoms with Gasteiger partial charge in [-0.15, -0.1) is 0 Å². The van der Waals surface area contributed by atoms with Crippen molar-refractivity contribution in [3.63, 3.8) is 0 Å². The van der Waals surface area contributed by atoms with E-state index >= 15 is 0 Å². The van der Waals surface area contributed by atoms with Crippen LogP contribution in [-0.2, 0) is 4.79 Å². The summed E-state index contributed by atoms with van der Waals surface area (Å²) in [6, 6.07) is 0. The molecule has 2 nitrogen and oxygen atoms in total. The first-order valence-electron chi connectivity index (χ1n) is 4.74. The zero-order chi connectivity index (χ0) is 9.09. The second-order valence-electron chi connectivity index (χ2n) is 4.67. The average Bonchev–Trinajstić information content (AvgIpc) is 2.71. The maximum Gasteiger partial charge on any atom is 0.168 e. The third-order valence-electron chi connectivity index (χ3n) is 3.95. The van der Waals surface area contributed by atoms with E-state index in [9.17, 15) is 9.90 Å². The summed E-state index contributed by atoms with van der Waals surface area (Å²) in [4.78, 5) is 11.7. The molecule has 68 valence electrons. The summed E-state index contributed by atoms with van der Waals surface area (Å²) in [5, 5.41) is 9.53. The lowest BCUT2D eigenvalue weighted by molar-refractivity contribution is -0.132. The van der Waals surface area contributed by atoms with Gasteiger partial charge in [0.15, 0.2) is 5.78 Å². The van der Waals surface area contributed by atoms with E-state index in [4.69, 9.17) is 0 Å². The Balaban J connectivity index is 2.30. The van der Waals surface area contributed by atoms with E-state index in [2.05, 4.69) is 13.8 Å². The number of hydrogen-bond donors (Lipinski definition) is 1. The molecule has 12 heavy (non-hydrogen) atoms. The number of ketones is 1. The maximum atomic E-state index is 11.7. The Kier molecular flexibility index (Phi) is 1.45. The lowest BCUT2D eigenvalue weighted by atomic mass is 9.88. The summed E-state index contributed by atoms with van der Waals surface area (Å²) in [5.41, 5.74) is -0.126. The van der Waals surface area contributed by atoms with Gasteiger partial charge in [0, 0.05) is 5.41 Å². The molecule has 0 aromatic rings. The highest BCUT2D eigenvalue weighted by molar-refractivity contribution is 5.95. The third kappa shape index (κ3) is 0.674. The molecule has 4 atom stereocenters. The van der Waals surface area contributed by atoms with E-state index < -0.39 is 6.10 Å². The third-order valence-corrected chi connectivity index (χ3v) is 3.95. The fourth-order valence-corrected chi connectivity index (χ4v) is 2.93. The Bertz CT molecular complexity index is 234. The van der Waals surface area contributed by atoms with E-state index in [1.807, 2.05) is 6.92 Å². The van der Waals surface area contributed by atoms with Crippen LogP contribution in [0.15, 0.2) is 0 Å². The first-order chi connectivity index (χ1) is 5.51. The minimum atomic E-state index is -0.675. The monoisotopic (exact) mass is 168 g/mol. The van der Waals surface area contributed by atoms with Gasteiger partial charge >= 0.3 is 0 Å². The minimum absolute atomic E-state index is 0.106. The minimum Gasteiger partial charge on any atom is -0.385 e. The fraction of sp³-hybridized carbons (Fsp3) is 0.900. The summed E-state index contributed by atoms with van der Waals surface area (Å²) in [7, 11) is 0. The molecule has 0 spiro atoms. The van der Waals surface area contributed by atoms with Crippen LogP contribution < -0.4 is 0 Å². The summed E-state index contributed by atoms with van der Waals surface area (Å²) in [5.74, 6) is 1.17. The van der Waals surface area contributed by atoms with Crippen molar-refractivity contribution in [2.45, 2.75) is 33.3 Å². The molecule has 2 heteroatoms. The van der Waals surface area contributed by atoms with Crippen LogP contribution in [0.1, 0.15) is 27.2 Å². The van der Waals surface area contributed by atoms with E-state index in [-0.39, 0.29) is 17.1 Å². The van der Waals surface area contributed by atoms with Crippen molar-refractivity contribution in [2.24, 2.45) is 23.2 Å². The quantitative estimate of drug-likeness (QED) is 0.639. The van der Waals surface area contributed by atoms with Crippen molar-refractivity contribution in [2.75, 3.05) is 0 Å². The highest BCUT2D eigenvalue weighted by Crippen LogP contribution is 2.67. The van der Waals surface area contributed by atoms with E-state index in [1.54, 1.807) is 0 Å². The average molecular weight is 168 g/mol. The molecule has 0 heterocycles. The van der Waals surface area contributed by atoms with E-state index in [0.29, 0.717) is 11.8 Å². The predicted molar refractivity (Wildman–Crippen MR) is 45.6 cm³/mol. The van der Waals surface area contributed by atoms with Crippen LogP contribution in [-0.4, -0.2) is 17.0 Å². The molecular weight excluding hydrogens is 152 g/mol. The Morgan fingerprint density at radius 2 is 2.17 bits per heavy atom. The van der Waals surface area contributed by atoms with Gasteiger partial charge in [-0.3, -0.25) is 4.79 Å². The SMILES string of the molecule is CC1C(O)C(=O)C2(C(C)C)CC12. The molecule has 0 saturated heterocycles. The Morgan fingerprint density at radius 3 is 2.42 bits per heavy atom. The Hall–Kier alpha value is -0.370.